The minimum atomic E-state index is -1.25. The van der Waals surface area contributed by atoms with E-state index in [0.29, 0.717) is 32.6 Å². The Balaban J connectivity index is 2.03. The van der Waals surface area contributed by atoms with E-state index in [1.54, 1.807) is 6.92 Å². The van der Waals surface area contributed by atoms with Gasteiger partial charge >= 0.3 is 12.0 Å². The summed E-state index contributed by atoms with van der Waals surface area (Å²) < 4.78 is 5.17. The average Bonchev–Trinajstić information content (AvgIpc) is 2.38. The third-order valence-corrected chi connectivity index (χ3v) is 4.06. The zero-order valence-electron chi connectivity index (χ0n) is 11.7. The number of carboxylic acid groups (broad SMARTS) is 1. The van der Waals surface area contributed by atoms with Crippen molar-refractivity contribution in [3.8, 4) is 0 Å². The maximum atomic E-state index is 12.3. The first kappa shape index (κ1) is 15.1. The number of ether oxygens (including phenoxy) is 1. The van der Waals surface area contributed by atoms with Crippen molar-refractivity contribution in [1.29, 1.82) is 0 Å². The Morgan fingerprint density at radius 1 is 1.25 bits per heavy atom. The number of nitrogens with one attached hydrogen (secondary N) is 1. The molecule has 2 amide bonds. The van der Waals surface area contributed by atoms with E-state index in [1.807, 2.05) is 0 Å². The molecule has 1 atom stereocenters. The van der Waals surface area contributed by atoms with Gasteiger partial charge in [-0.25, -0.2) is 9.59 Å². The van der Waals surface area contributed by atoms with Crippen LogP contribution >= 0.6 is 0 Å². The lowest BCUT2D eigenvalue weighted by atomic mass is 9.90. The molecule has 0 bridgehead atoms. The van der Waals surface area contributed by atoms with E-state index in [2.05, 4.69) is 5.32 Å². The Bertz CT molecular complexity index is 390. The number of likely N-dealkylation sites (tertiary alicyclic amines) is 1. The molecule has 7 nitrogen and oxygen atoms in total. The summed E-state index contributed by atoms with van der Waals surface area (Å²) >= 11 is 0. The minimum Gasteiger partial charge on any atom is -0.480 e. The van der Waals surface area contributed by atoms with Crippen molar-refractivity contribution >= 4 is 12.0 Å². The molecule has 7 heteroatoms. The van der Waals surface area contributed by atoms with Gasteiger partial charge in [0.1, 0.15) is 5.54 Å². The number of hydrogen-bond donors (Lipinski definition) is 3. The van der Waals surface area contributed by atoms with E-state index in [1.165, 1.54) is 4.90 Å². The summed E-state index contributed by atoms with van der Waals surface area (Å²) in [6.07, 6.45) is 1.88. The molecule has 2 heterocycles. The van der Waals surface area contributed by atoms with Crippen molar-refractivity contribution in [1.82, 2.24) is 10.2 Å². The number of amides is 2. The predicted molar refractivity (Wildman–Crippen MR) is 70.4 cm³/mol. The SMILES string of the molecule is CC1(O)CCCN(C(=O)NC2(C(=O)O)CCOCC2)C1. The van der Waals surface area contributed by atoms with E-state index in [4.69, 9.17) is 4.74 Å². The van der Waals surface area contributed by atoms with Crippen LogP contribution in [0.1, 0.15) is 32.6 Å². The Labute approximate surface area is 117 Å². The van der Waals surface area contributed by atoms with Crippen LogP contribution in [0.25, 0.3) is 0 Å². The smallest absolute Gasteiger partial charge is 0.329 e. The fourth-order valence-electron chi connectivity index (χ4n) is 2.79. The highest BCUT2D eigenvalue weighted by Crippen LogP contribution is 2.24. The third kappa shape index (κ3) is 3.21. The largest absolute Gasteiger partial charge is 0.480 e. The molecule has 0 aliphatic carbocycles. The lowest BCUT2D eigenvalue weighted by molar-refractivity contribution is -0.148. The van der Waals surface area contributed by atoms with Crippen LogP contribution in [0.3, 0.4) is 0 Å². The average molecular weight is 286 g/mol. The summed E-state index contributed by atoms with van der Waals surface area (Å²) in [5.74, 6) is -1.03. The van der Waals surface area contributed by atoms with E-state index in [-0.39, 0.29) is 19.4 Å². The molecule has 2 fully saturated rings. The molecule has 114 valence electrons. The van der Waals surface area contributed by atoms with Gasteiger partial charge in [0.2, 0.25) is 0 Å². The van der Waals surface area contributed by atoms with Gasteiger partial charge in [-0.3, -0.25) is 0 Å². The van der Waals surface area contributed by atoms with Crippen LogP contribution in [0.4, 0.5) is 4.79 Å². The summed E-state index contributed by atoms with van der Waals surface area (Å²) in [6, 6.07) is -0.422. The van der Waals surface area contributed by atoms with Gasteiger partial charge in [0.25, 0.3) is 0 Å². The van der Waals surface area contributed by atoms with Gasteiger partial charge in [0.15, 0.2) is 0 Å². The first-order valence-electron chi connectivity index (χ1n) is 6.95. The van der Waals surface area contributed by atoms with Crippen molar-refractivity contribution in [2.24, 2.45) is 0 Å². The Morgan fingerprint density at radius 3 is 2.45 bits per heavy atom. The second-order valence-electron chi connectivity index (χ2n) is 5.95. The first-order valence-corrected chi connectivity index (χ1v) is 6.95. The normalized spacial score (nSPS) is 29.8. The van der Waals surface area contributed by atoms with Crippen molar-refractivity contribution in [3.63, 3.8) is 0 Å². The molecule has 0 spiro atoms. The molecule has 0 aromatic rings. The highest BCUT2D eigenvalue weighted by atomic mass is 16.5. The molecular formula is C13H22N2O5. The number of carbonyl (C=O) groups is 2. The van der Waals surface area contributed by atoms with Crippen molar-refractivity contribution in [2.75, 3.05) is 26.3 Å². The summed E-state index contributed by atoms with van der Waals surface area (Å²) in [7, 11) is 0. The molecule has 2 aliphatic rings. The van der Waals surface area contributed by atoms with Crippen LogP contribution < -0.4 is 5.32 Å². The summed E-state index contributed by atoms with van der Waals surface area (Å²) in [4.78, 5) is 25.2. The van der Waals surface area contributed by atoms with Crippen molar-refractivity contribution in [2.45, 2.75) is 43.7 Å². The number of β-amino-alcohol motifs (C(OH)–C–C–N with tert-alkyl or cyclic N) is 1. The van der Waals surface area contributed by atoms with E-state index >= 15 is 0 Å². The van der Waals surface area contributed by atoms with Gasteiger partial charge < -0.3 is 25.2 Å². The fraction of sp³-hybridized carbons (Fsp3) is 0.846. The molecule has 0 aromatic heterocycles. The van der Waals surface area contributed by atoms with E-state index < -0.39 is 23.1 Å². The van der Waals surface area contributed by atoms with Gasteiger partial charge in [-0.15, -0.1) is 0 Å². The molecule has 0 aromatic carbocycles. The molecule has 3 N–H and O–H groups in total. The number of carboxylic acids is 1. The van der Waals surface area contributed by atoms with Gasteiger partial charge in [-0.2, -0.15) is 0 Å². The molecule has 2 rings (SSSR count). The van der Waals surface area contributed by atoms with Crippen LogP contribution in [0.2, 0.25) is 0 Å². The number of hydrogen-bond acceptors (Lipinski definition) is 4. The highest BCUT2D eigenvalue weighted by Gasteiger charge is 2.43. The molecule has 2 saturated heterocycles. The van der Waals surface area contributed by atoms with Crippen LogP contribution in [-0.4, -0.2) is 64.6 Å². The number of carbonyl (C=O) groups excluding carboxylic acids is 1. The van der Waals surface area contributed by atoms with Crippen LogP contribution in [0.5, 0.6) is 0 Å². The van der Waals surface area contributed by atoms with Crippen LogP contribution in [-0.2, 0) is 9.53 Å². The molecule has 20 heavy (non-hydrogen) atoms. The van der Waals surface area contributed by atoms with Gasteiger partial charge in [0, 0.05) is 32.6 Å². The standard InChI is InChI=1S/C13H22N2O5/c1-12(19)3-2-6-15(9-12)11(18)14-13(10(16)17)4-7-20-8-5-13/h19H,2-9H2,1H3,(H,14,18)(H,16,17). The van der Waals surface area contributed by atoms with Gasteiger partial charge in [-0.05, 0) is 19.8 Å². The molecule has 0 saturated carbocycles. The second kappa shape index (κ2) is 5.57. The van der Waals surface area contributed by atoms with E-state index in [9.17, 15) is 19.8 Å². The number of nitrogens with zero attached hydrogens (tertiary/aromatic N) is 1. The van der Waals surface area contributed by atoms with Crippen LogP contribution in [0.15, 0.2) is 0 Å². The summed E-state index contributed by atoms with van der Waals surface area (Å²) in [6.45, 7) is 3.10. The maximum Gasteiger partial charge on any atom is 0.329 e. The molecular weight excluding hydrogens is 264 g/mol. The Kier molecular flexibility index (Phi) is 4.19. The Morgan fingerprint density at radius 2 is 1.90 bits per heavy atom. The molecule has 0 radical (unpaired) electrons. The zero-order valence-corrected chi connectivity index (χ0v) is 11.7. The fourth-order valence-corrected chi connectivity index (χ4v) is 2.79. The molecule has 1 unspecified atom stereocenters. The van der Waals surface area contributed by atoms with Gasteiger partial charge in [0.05, 0.1) is 12.1 Å². The topological polar surface area (TPSA) is 99.1 Å². The summed E-state index contributed by atoms with van der Waals surface area (Å²) in [5.41, 5.74) is -2.15. The van der Waals surface area contributed by atoms with E-state index in [0.717, 1.165) is 0 Å². The number of aliphatic hydroxyl groups is 1. The first-order chi connectivity index (χ1) is 9.35. The lowest BCUT2D eigenvalue weighted by Crippen LogP contribution is -2.62. The minimum absolute atomic E-state index is 0.227. The predicted octanol–water partition coefficient (Wildman–Crippen LogP) is 0.177. The Hall–Kier alpha value is -1.34. The monoisotopic (exact) mass is 286 g/mol. The van der Waals surface area contributed by atoms with Crippen LogP contribution in [0, 0.1) is 0 Å². The summed E-state index contributed by atoms with van der Waals surface area (Å²) in [5, 5.41) is 22.1. The van der Waals surface area contributed by atoms with Crippen molar-refractivity contribution < 1.29 is 24.5 Å². The quantitative estimate of drug-likeness (QED) is 0.672. The molecule has 2 aliphatic heterocycles. The second-order valence-corrected chi connectivity index (χ2v) is 5.95. The number of piperidine rings is 1. The third-order valence-electron chi connectivity index (χ3n) is 4.06. The lowest BCUT2D eigenvalue weighted by Gasteiger charge is -2.40. The number of urea groups is 1. The number of aliphatic carboxylic acids is 1. The van der Waals surface area contributed by atoms with Gasteiger partial charge in [-0.1, -0.05) is 0 Å². The maximum absolute atomic E-state index is 12.3. The number of rotatable bonds is 2. The highest BCUT2D eigenvalue weighted by molar-refractivity contribution is 5.86. The zero-order chi connectivity index (χ0) is 14.8. The van der Waals surface area contributed by atoms with Crippen molar-refractivity contribution in [3.05, 3.63) is 0 Å².